The summed E-state index contributed by atoms with van der Waals surface area (Å²) < 4.78 is 27.3. The summed E-state index contributed by atoms with van der Waals surface area (Å²) in [5, 5.41) is 8.03. The van der Waals surface area contributed by atoms with Crippen LogP contribution in [0.5, 0.6) is 0 Å². The van der Waals surface area contributed by atoms with Crippen LogP contribution in [-0.4, -0.2) is 129 Å². The Hall–Kier alpha value is -5.01. The van der Waals surface area contributed by atoms with Gasteiger partial charge in [0.2, 0.25) is 23.6 Å². The molecule has 1 aliphatic heterocycles. The number of rotatable bonds is 24. The average molecular weight is 936 g/mol. The average Bonchev–Trinajstić information content (AvgIpc) is 3.76. The van der Waals surface area contributed by atoms with Crippen LogP contribution in [-0.2, 0) is 54.3 Å². The first-order valence-electron chi connectivity index (χ1n) is 23.1. The summed E-state index contributed by atoms with van der Waals surface area (Å²) in [6.45, 7) is 20.4. The molecule has 1 fully saturated rings. The number of amides is 6. The summed E-state index contributed by atoms with van der Waals surface area (Å²) in [7, 11) is 4.64. The zero-order chi connectivity index (χ0) is 50.4. The van der Waals surface area contributed by atoms with Crippen molar-refractivity contribution in [3.63, 3.8) is 0 Å². The maximum absolute atomic E-state index is 14.4. The second-order valence-corrected chi connectivity index (χ2v) is 17.9. The van der Waals surface area contributed by atoms with E-state index in [-0.39, 0.29) is 49.3 Å². The van der Waals surface area contributed by atoms with Crippen LogP contribution in [0.4, 0.5) is 15.3 Å². The molecular formula is C47H81N7O12. The first-order chi connectivity index (χ1) is 31.0. The Kier molecular flexibility index (Phi) is 26.5. The summed E-state index contributed by atoms with van der Waals surface area (Å²) in [6, 6.07) is 3.38. The van der Waals surface area contributed by atoms with E-state index in [1.807, 2.05) is 13.8 Å². The van der Waals surface area contributed by atoms with Crippen LogP contribution in [0.25, 0.3) is 0 Å². The third kappa shape index (κ3) is 18.3. The number of benzene rings is 1. The fourth-order valence-corrected chi connectivity index (χ4v) is 7.56. The Morgan fingerprint density at radius 3 is 1.89 bits per heavy atom. The SMILES string of the molecule is CCC.CCC(C)C(C(CC(=O)N1CCCC1C(OC)C(C)C(N)=O)OC)N(C)C(=O)[C@@H](NC(=O)C(NC(=O)OCc1ccc(NC(=O)OC(OC(=O)CN)C(C)C)cc1)C(C)C)C(C)C. The zero-order valence-electron chi connectivity index (χ0n) is 41.8. The fourth-order valence-electron chi connectivity index (χ4n) is 7.56. The molecule has 1 aliphatic rings. The number of nitrogens with one attached hydrogen (secondary N) is 3. The molecule has 0 spiro atoms. The van der Waals surface area contributed by atoms with Crippen LogP contribution in [0, 0.1) is 29.6 Å². The molecule has 0 bridgehead atoms. The molecule has 0 saturated carbocycles. The summed E-state index contributed by atoms with van der Waals surface area (Å²) in [5.41, 5.74) is 11.8. The van der Waals surface area contributed by atoms with E-state index in [1.54, 1.807) is 89.6 Å². The monoisotopic (exact) mass is 936 g/mol. The maximum Gasteiger partial charge on any atom is 0.414 e. The molecule has 1 aromatic carbocycles. The largest absolute Gasteiger partial charge is 0.445 e. The summed E-state index contributed by atoms with van der Waals surface area (Å²) >= 11 is 0. The van der Waals surface area contributed by atoms with Gasteiger partial charge in [0.15, 0.2) is 0 Å². The van der Waals surface area contributed by atoms with Crippen LogP contribution < -0.4 is 27.4 Å². The molecule has 8 unspecified atom stereocenters. The molecule has 1 saturated heterocycles. The van der Waals surface area contributed by atoms with Crippen molar-refractivity contribution in [3.8, 4) is 0 Å². The molecule has 2 rings (SSSR count). The molecular weight excluding hydrogens is 855 g/mol. The van der Waals surface area contributed by atoms with Crippen molar-refractivity contribution in [1.29, 1.82) is 0 Å². The van der Waals surface area contributed by atoms with Gasteiger partial charge in [-0.05, 0) is 48.3 Å². The number of carbonyl (C=O) groups excluding carboxylic acids is 7. The van der Waals surface area contributed by atoms with Crippen molar-refractivity contribution in [3.05, 3.63) is 29.8 Å². The van der Waals surface area contributed by atoms with Gasteiger partial charge in [-0.15, -0.1) is 0 Å². The van der Waals surface area contributed by atoms with Gasteiger partial charge in [0.25, 0.3) is 6.29 Å². The van der Waals surface area contributed by atoms with Gasteiger partial charge in [-0.1, -0.05) is 101 Å². The number of anilines is 1. The highest BCUT2D eigenvalue weighted by molar-refractivity contribution is 5.92. The molecule has 1 heterocycles. The van der Waals surface area contributed by atoms with E-state index in [4.69, 9.17) is 35.2 Å². The lowest BCUT2D eigenvalue weighted by Gasteiger charge is -2.41. The minimum atomic E-state index is -1.13. The molecule has 0 aromatic heterocycles. The molecule has 376 valence electrons. The molecule has 66 heavy (non-hydrogen) atoms. The number of likely N-dealkylation sites (N-methyl/N-ethyl adjacent to an activating group) is 1. The number of alkyl carbamates (subject to hydrolysis) is 1. The predicted molar refractivity (Wildman–Crippen MR) is 250 cm³/mol. The number of primary amides is 1. The molecule has 19 nitrogen and oxygen atoms in total. The van der Waals surface area contributed by atoms with Crippen molar-refractivity contribution in [2.24, 2.45) is 41.1 Å². The van der Waals surface area contributed by atoms with E-state index < -0.39 is 84.3 Å². The summed E-state index contributed by atoms with van der Waals surface area (Å²) in [4.78, 5) is 94.5. The molecule has 0 aliphatic carbocycles. The number of hydrogen-bond donors (Lipinski definition) is 5. The number of nitrogens with zero attached hydrogens (tertiary/aromatic N) is 2. The van der Waals surface area contributed by atoms with Gasteiger partial charge in [0, 0.05) is 39.4 Å². The predicted octanol–water partition coefficient (Wildman–Crippen LogP) is 4.93. The molecule has 1 aromatic rings. The normalized spacial score (nSPS) is 17.2. The Morgan fingerprint density at radius 2 is 1.41 bits per heavy atom. The Morgan fingerprint density at radius 1 is 0.818 bits per heavy atom. The number of carbonyl (C=O) groups is 7. The van der Waals surface area contributed by atoms with E-state index in [1.165, 1.54) is 20.6 Å². The van der Waals surface area contributed by atoms with E-state index in [2.05, 4.69) is 29.8 Å². The molecule has 6 amide bonds. The van der Waals surface area contributed by atoms with Crippen LogP contribution in [0.2, 0.25) is 0 Å². The van der Waals surface area contributed by atoms with Gasteiger partial charge in [0.05, 0.1) is 43.2 Å². The lowest BCUT2D eigenvalue weighted by molar-refractivity contribution is -0.172. The van der Waals surface area contributed by atoms with Crippen LogP contribution in [0.3, 0.4) is 0 Å². The topological polar surface area (TPSA) is 260 Å². The Balaban J connectivity index is 0.00000705. The van der Waals surface area contributed by atoms with Gasteiger partial charge in [-0.2, -0.15) is 0 Å². The highest BCUT2D eigenvalue weighted by atomic mass is 16.7. The molecule has 19 heteroatoms. The number of methoxy groups -OCH3 is 2. The molecule has 9 atom stereocenters. The molecule has 0 radical (unpaired) electrons. The third-order valence-corrected chi connectivity index (χ3v) is 11.5. The molecule has 7 N–H and O–H groups in total. The van der Waals surface area contributed by atoms with E-state index in [9.17, 15) is 33.6 Å². The minimum Gasteiger partial charge on any atom is -0.445 e. The quantitative estimate of drug-likeness (QED) is 0.0681. The first-order valence-corrected chi connectivity index (χ1v) is 23.1. The lowest BCUT2D eigenvalue weighted by atomic mass is 9.89. The van der Waals surface area contributed by atoms with Crippen LogP contribution in [0.1, 0.15) is 114 Å². The van der Waals surface area contributed by atoms with Crippen molar-refractivity contribution in [2.45, 2.75) is 158 Å². The Bertz CT molecular complexity index is 1690. The van der Waals surface area contributed by atoms with Gasteiger partial charge < -0.3 is 55.6 Å². The van der Waals surface area contributed by atoms with E-state index in [0.717, 1.165) is 6.42 Å². The Labute approximate surface area is 392 Å². The minimum absolute atomic E-state index is 0.0362. The second-order valence-electron chi connectivity index (χ2n) is 17.9. The second kappa shape index (κ2) is 29.6. The smallest absolute Gasteiger partial charge is 0.414 e. The van der Waals surface area contributed by atoms with Crippen LogP contribution >= 0.6 is 0 Å². The number of esters is 1. The highest BCUT2D eigenvalue weighted by Crippen LogP contribution is 2.29. The van der Waals surface area contributed by atoms with Crippen molar-refractivity contribution < 1.29 is 57.2 Å². The fraction of sp³-hybridized carbons (Fsp3) is 0.723. The van der Waals surface area contributed by atoms with Gasteiger partial charge >= 0.3 is 18.2 Å². The number of likely N-dealkylation sites (tertiary alicyclic amines) is 1. The van der Waals surface area contributed by atoms with Gasteiger partial charge in [-0.25, -0.2) is 9.59 Å². The number of hydrogen-bond acceptors (Lipinski definition) is 13. The maximum atomic E-state index is 14.4. The third-order valence-electron chi connectivity index (χ3n) is 11.5. The van der Waals surface area contributed by atoms with Crippen molar-refractivity contribution in [2.75, 3.05) is 39.7 Å². The van der Waals surface area contributed by atoms with Crippen molar-refractivity contribution in [1.82, 2.24) is 20.4 Å². The lowest BCUT2D eigenvalue weighted by Crippen LogP contribution is -2.60. The standard InChI is InChI=1S/C44H73N7O12.C3H8/c1-13-27(8)37(32(59-11)21-33(52)51-20-14-15-31(51)38(60-12)28(9)39(46)54)50(10)41(56)36(25(4)5)48-40(55)35(24(2)3)49-43(57)61-23-29-16-18-30(19-17-29)47-44(58)63-42(26(6)7)62-34(53)22-45;1-3-2/h16-19,24-28,31-32,35-38,42H,13-15,20-23,45H2,1-12H3,(H2,46,54)(H,47,58)(H,48,55)(H,49,57);3H2,1-2H3/t27?,28?,31?,32?,35?,36-,37?,38?,42?;/m0./s1. The van der Waals surface area contributed by atoms with E-state index in [0.29, 0.717) is 30.6 Å². The van der Waals surface area contributed by atoms with Crippen molar-refractivity contribution >= 4 is 47.5 Å². The zero-order valence-corrected chi connectivity index (χ0v) is 41.8. The first kappa shape index (κ1) is 59.0. The summed E-state index contributed by atoms with van der Waals surface area (Å²) in [6.07, 6.45) is -0.865. The van der Waals surface area contributed by atoms with Gasteiger partial charge in [0.1, 0.15) is 18.7 Å². The van der Waals surface area contributed by atoms with Crippen LogP contribution in [0.15, 0.2) is 24.3 Å². The summed E-state index contributed by atoms with van der Waals surface area (Å²) in [5.74, 6) is -4.20. The number of nitrogens with two attached hydrogens (primary N) is 2. The number of ether oxygens (including phenoxy) is 5. The van der Waals surface area contributed by atoms with Gasteiger partial charge in [-0.3, -0.25) is 29.3 Å². The van der Waals surface area contributed by atoms with E-state index >= 15 is 0 Å². The highest BCUT2D eigenvalue weighted by Gasteiger charge is 2.43.